The highest BCUT2D eigenvalue weighted by Gasteiger charge is 2.28. The molecule has 1 fully saturated rings. The van der Waals surface area contributed by atoms with Crippen LogP contribution in [0.1, 0.15) is 35.8 Å². The molecule has 1 aliphatic rings. The molecule has 9 heteroatoms. The zero-order valence-electron chi connectivity index (χ0n) is 17.7. The van der Waals surface area contributed by atoms with Gasteiger partial charge >= 0.3 is 0 Å². The number of aliphatic imine (C=N–C) groups is 1. The van der Waals surface area contributed by atoms with Crippen molar-refractivity contribution in [2.75, 3.05) is 20.1 Å². The van der Waals surface area contributed by atoms with E-state index in [9.17, 15) is 8.42 Å². The Labute approximate surface area is 201 Å². The molecule has 2 heterocycles. The summed E-state index contributed by atoms with van der Waals surface area (Å²) in [5, 5.41) is 8.68. The largest absolute Gasteiger partial charge is 0.352 e. The van der Waals surface area contributed by atoms with Crippen molar-refractivity contribution in [1.82, 2.24) is 14.9 Å². The lowest BCUT2D eigenvalue weighted by atomic mass is 10.0. The Kier molecular flexibility index (Phi) is 9.58. The van der Waals surface area contributed by atoms with E-state index in [-0.39, 0.29) is 24.0 Å². The summed E-state index contributed by atoms with van der Waals surface area (Å²) in [4.78, 5) is 5.91. The SMILES string of the molecule is CN=C(NCc1ccc(S(=O)(=O)N2CCCC(C)C2)cc1)NCc1sccc1C.I. The molecule has 0 bridgehead atoms. The molecule has 1 aliphatic heterocycles. The Balaban J connectivity index is 0.00000320. The number of sulfonamides is 1. The van der Waals surface area contributed by atoms with Gasteiger partial charge in [0, 0.05) is 31.6 Å². The Hall–Kier alpha value is -1.17. The van der Waals surface area contributed by atoms with Gasteiger partial charge in [0.1, 0.15) is 0 Å². The molecule has 2 N–H and O–H groups in total. The number of rotatable bonds is 6. The molecular formula is C21H31IN4O2S2. The Morgan fingerprint density at radius 2 is 1.90 bits per heavy atom. The first-order valence-corrected chi connectivity index (χ1v) is 12.3. The van der Waals surface area contributed by atoms with Gasteiger partial charge in [-0.2, -0.15) is 4.31 Å². The summed E-state index contributed by atoms with van der Waals surface area (Å²) in [5.74, 6) is 1.14. The van der Waals surface area contributed by atoms with Gasteiger partial charge in [0.2, 0.25) is 10.0 Å². The molecule has 0 radical (unpaired) electrons. The molecule has 1 atom stereocenters. The first kappa shape index (κ1) is 25.1. The zero-order chi connectivity index (χ0) is 20.9. The highest BCUT2D eigenvalue weighted by atomic mass is 127. The van der Waals surface area contributed by atoms with Crippen molar-refractivity contribution in [3.63, 3.8) is 0 Å². The maximum atomic E-state index is 12.9. The van der Waals surface area contributed by atoms with E-state index < -0.39 is 10.0 Å². The summed E-state index contributed by atoms with van der Waals surface area (Å²) in [7, 11) is -1.67. The molecule has 1 saturated heterocycles. The lowest BCUT2D eigenvalue weighted by Crippen LogP contribution is -2.39. The van der Waals surface area contributed by atoms with Crippen LogP contribution in [0.5, 0.6) is 0 Å². The average Bonchev–Trinajstić information content (AvgIpc) is 3.13. The van der Waals surface area contributed by atoms with E-state index >= 15 is 0 Å². The molecular weight excluding hydrogens is 531 g/mol. The number of hydrogen-bond donors (Lipinski definition) is 2. The van der Waals surface area contributed by atoms with Crippen molar-refractivity contribution in [2.24, 2.45) is 10.9 Å². The van der Waals surface area contributed by atoms with Crippen LogP contribution < -0.4 is 10.6 Å². The molecule has 1 aromatic heterocycles. The van der Waals surface area contributed by atoms with E-state index in [0.717, 1.165) is 30.9 Å². The third-order valence-corrected chi connectivity index (χ3v) is 8.15. The van der Waals surface area contributed by atoms with E-state index in [1.807, 2.05) is 12.1 Å². The monoisotopic (exact) mass is 562 g/mol. The fourth-order valence-electron chi connectivity index (χ4n) is 3.45. The Morgan fingerprint density at radius 1 is 1.20 bits per heavy atom. The molecule has 1 unspecified atom stereocenters. The van der Waals surface area contributed by atoms with Gasteiger partial charge in [-0.1, -0.05) is 19.1 Å². The molecule has 0 amide bonds. The summed E-state index contributed by atoms with van der Waals surface area (Å²) >= 11 is 1.73. The van der Waals surface area contributed by atoms with Crippen LogP contribution in [0.4, 0.5) is 0 Å². The number of thiophene rings is 1. The van der Waals surface area contributed by atoms with Crippen LogP contribution in [0, 0.1) is 12.8 Å². The van der Waals surface area contributed by atoms with E-state index in [0.29, 0.717) is 30.4 Å². The summed E-state index contributed by atoms with van der Waals surface area (Å²) < 4.78 is 27.3. The fraction of sp³-hybridized carbons (Fsp3) is 0.476. The van der Waals surface area contributed by atoms with Crippen molar-refractivity contribution in [2.45, 2.75) is 44.7 Å². The first-order chi connectivity index (χ1) is 13.9. The number of aryl methyl sites for hydroxylation is 1. The summed E-state index contributed by atoms with van der Waals surface area (Å²) in [6, 6.07) is 9.25. The van der Waals surface area contributed by atoms with Crippen LogP contribution in [0.3, 0.4) is 0 Å². The minimum absolute atomic E-state index is 0. The lowest BCUT2D eigenvalue weighted by molar-refractivity contribution is 0.281. The van der Waals surface area contributed by atoms with Crippen LogP contribution in [0.25, 0.3) is 0 Å². The topological polar surface area (TPSA) is 73.8 Å². The van der Waals surface area contributed by atoms with Crippen LogP contribution in [0.2, 0.25) is 0 Å². The number of hydrogen-bond acceptors (Lipinski definition) is 4. The van der Waals surface area contributed by atoms with E-state index in [1.54, 1.807) is 34.8 Å². The van der Waals surface area contributed by atoms with Gasteiger partial charge in [-0.3, -0.25) is 4.99 Å². The predicted octanol–water partition coefficient (Wildman–Crippen LogP) is 3.96. The van der Waals surface area contributed by atoms with Gasteiger partial charge in [-0.15, -0.1) is 35.3 Å². The van der Waals surface area contributed by atoms with E-state index in [1.165, 1.54) is 10.4 Å². The second kappa shape index (κ2) is 11.4. The average molecular weight is 563 g/mol. The molecule has 6 nitrogen and oxygen atoms in total. The van der Waals surface area contributed by atoms with E-state index in [4.69, 9.17) is 0 Å². The quantitative estimate of drug-likeness (QED) is 0.318. The molecule has 1 aromatic carbocycles. The maximum Gasteiger partial charge on any atom is 0.243 e. The number of nitrogens with zero attached hydrogens (tertiary/aromatic N) is 2. The number of piperidine rings is 1. The molecule has 2 aromatic rings. The van der Waals surface area contributed by atoms with Crippen molar-refractivity contribution in [3.05, 3.63) is 51.7 Å². The molecule has 166 valence electrons. The highest BCUT2D eigenvalue weighted by molar-refractivity contribution is 14.0. The summed E-state index contributed by atoms with van der Waals surface area (Å²) in [5.41, 5.74) is 2.28. The number of guanidine groups is 1. The standard InChI is InChI=1S/C21H30N4O2S2.HI/c1-16-5-4-11-25(15-16)29(26,27)19-8-6-18(7-9-19)13-23-21(22-3)24-14-20-17(2)10-12-28-20;/h6-10,12,16H,4-5,11,13-15H2,1-3H3,(H2,22,23,24);1H. The Morgan fingerprint density at radius 3 is 2.50 bits per heavy atom. The maximum absolute atomic E-state index is 12.9. The number of nitrogens with one attached hydrogen (secondary N) is 2. The van der Waals surface area contributed by atoms with Gasteiger partial charge in [0.15, 0.2) is 5.96 Å². The molecule has 0 spiro atoms. The van der Waals surface area contributed by atoms with Crippen molar-refractivity contribution in [3.8, 4) is 0 Å². The third-order valence-electron chi connectivity index (χ3n) is 5.25. The highest BCUT2D eigenvalue weighted by Crippen LogP contribution is 2.23. The summed E-state index contributed by atoms with van der Waals surface area (Å²) in [6.45, 7) is 6.73. The van der Waals surface area contributed by atoms with Gasteiger partial charge in [0.05, 0.1) is 11.4 Å². The summed E-state index contributed by atoms with van der Waals surface area (Å²) in [6.07, 6.45) is 2.03. The van der Waals surface area contributed by atoms with Crippen LogP contribution >= 0.6 is 35.3 Å². The second-order valence-corrected chi connectivity index (χ2v) is 10.5. The van der Waals surface area contributed by atoms with Crippen LogP contribution in [-0.2, 0) is 23.1 Å². The fourth-order valence-corrected chi connectivity index (χ4v) is 5.89. The third kappa shape index (κ3) is 6.41. The minimum atomic E-state index is -3.41. The van der Waals surface area contributed by atoms with Crippen LogP contribution in [-0.4, -0.2) is 38.8 Å². The lowest BCUT2D eigenvalue weighted by Gasteiger charge is -2.30. The first-order valence-electron chi connectivity index (χ1n) is 9.96. The molecule has 0 saturated carbocycles. The molecule has 0 aliphatic carbocycles. The van der Waals surface area contributed by atoms with Crippen LogP contribution in [0.15, 0.2) is 45.6 Å². The van der Waals surface area contributed by atoms with Gasteiger partial charge in [-0.25, -0.2) is 8.42 Å². The second-order valence-electron chi connectivity index (χ2n) is 7.56. The van der Waals surface area contributed by atoms with Gasteiger partial charge < -0.3 is 10.6 Å². The van der Waals surface area contributed by atoms with Crippen molar-refractivity contribution >= 4 is 51.3 Å². The van der Waals surface area contributed by atoms with E-state index in [2.05, 4.69) is 40.9 Å². The van der Waals surface area contributed by atoms with Crippen molar-refractivity contribution in [1.29, 1.82) is 0 Å². The zero-order valence-corrected chi connectivity index (χ0v) is 21.7. The molecule has 3 rings (SSSR count). The predicted molar refractivity (Wildman–Crippen MR) is 135 cm³/mol. The van der Waals surface area contributed by atoms with Gasteiger partial charge in [0.25, 0.3) is 0 Å². The number of benzene rings is 1. The van der Waals surface area contributed by atoms with Crippen molar-refractivity contribution < 1.29 is 8.42 Å². The van der Waals surface area contributed by atoms with Gasteiger partial charge in [-0.05, 0) is 60.4 Å². The number of halogens is 1. The Bertz CT molecular complexity index is 942. The minimum Gasteiger partial charge on any atom is -0.352 e. The normalized spacial score (nSPS) is 18.0. The smallest absolute Gasteiger partial charge is 0.243 e. The molecule has 30 heavy (non-hydrogen) atoms.